The lowest BCUT2D eigenvalue weighted by atomic mass is 10.3. The Morgan fingerprint density at radius 1 is 1.19 bits per heavy atom. The van der Waals surface area contributed by atoms with E-state index in [4.69, 9.17) is 15.2 Å². The lowest BCUT2D eigenvalue weighted by Gasteiger charge is -2.26. The Hall–Kier alpha value is -2.67. The van der Waals surface area contributed by atoms with Crippen LogP contribution in [0.1, 0.15) is 0 Å². The maximum absolute atomic E-state index is 5.89. The molecular weight excluding hydrogens is 270 g/mol. The van der Waals surface area contributed by atoms with Crippen LogP contribution in [0.15, 0.2) is 36.5 Å². The SMILES string of the molecule is Nc1nccc(-n2c(OC3COC3)nc3ccccc32)n1. The van der Waals surface area contributed by atoms with Crippen molar-refractivity contribution in [1.82, 2.24) is 19.5 Å². The first-order valence-electron chi connectivity index (χ1n) is 6.62. The Kier molecular flexibility index (Phi) is 2.71. The molecule has 1 saturated heterocycles. The fourth-order valence-corrected chi connectivity index (χ4v) is 2.22. The van der Waals surface area contributed by atoms with E-state index in [2.05, 4.69) is 15.0 Å². The summed E-state index contributed by atoms with van der Waals surface area (Å²) in [5, 5.41) is 0. The number of imidazole rings is 1. The monoisotopic (exact) mass is 283 g/mol. The van der Waals surface area contributed by atoms with E-state index in [0.717, 1.165) is 11.0 Å². The van der Waals surface area contributed by atoms with Gasteiger partial charge in [-0.25, -0.2) is 9.55 Å². The predicted molar refractivity (Wildman–Crippen MR) is 76.3 cm³/mol. The summed E-state index contributed by atoms with van der Waals surface area (Å²) in [6, 6.07) is 10.0. The minimum Gasteiger partial charge on any atom is -0.456 e. The van der Waals surface area contributed by atoms with Crippen molar-refractivity contribution in [2.45, 2.75) is 6.10 Å². The van der Waals surface area contributed by atoms with Gasteiger partial charge in [-0.05, 0) is 12.1 Å². The molecule has 0 spiro atoms. The van der Waals surface area contributed by atoms with E-state index in [1.165, 1.54) is 0 Å². The van der Waals surface area contributed by atoms with Crippen LogP contribution in [0.2, 0.25) is 0 Å². The minimum atomic E-state index is 0.0275. The summed E-state index contributed by atoms with van der Waals surface area (Å²) in [5.41, 5.74) is 7.43. The van der Waals surface area contributed by atoms with Crippen molar-refractivity contribution in [3.8, 4) is 11.8 Å². The molecule has 7 nitrogen and oxygen atoms in total. The highest BCUT2D eigenvalue weighted by Crippen LogP contribution is 2.26. The second kappa shape index (κ2) is 4.71. The number of fused-ring (bicyclic) bond motifs is 1. The Labute approximate surface area is 120 Å². The number of nitrogens with zero attached hydrogens (tertiary/aromatic N) is 4. The van der Waals surface area contributed by atoms with E-state index in [0.29, 0.717) is 25.0 Å². The molecule has 2 aromatic heterocycles. The van der Waals surface area contributed by atoms with Gasteiger partial charge in [-0.15, -0.1) is 0 Å². The maximum Gasteiger partial charge on any atom is 0.303 e. The smallest absolute Gasteiger partial charge is 0.303 e. The third-order valence-electron chi connectivity index (χ3n) is 3.30. The molecule has 0 bridgehead atoms. The average Bonchev–Trinajstić information content (AvgIpc) is 2.81. The Morgan fingerprint density at radius 3 is 2.81 bits per heavy atom. The molecule has 4 rings (SSSR count). The van der Waals surface area contributed by atoms with Crippen molar-refractivity contribution in [3.63, 3.8) is 0 Å². The molecule has 3 heterocycles. The molecule has 1 fully saturated rings. The van der Waals surface area contributed by atoms with Gasteiger partial charge in [0, 0.05) is 12.3 Å². The Balaban J connectivity index is 1.89. The summed E-state index contributed by atoms with van der Waals surface area (Å²) < 4.78 is 12.9. The third kappa shape index (κ3) is 2.07. The first-order valence-corrected chi connectivity index (χ1v) is 6.62. The van der Waals surface area contributed by atoms with Gasteiger partial charge in [0.05, 0.1) is 24.2 Å². The fraction of sp³-hybridized carbons (Fsp3) is 0.214. The van der Waals surface area contributed by atoms with Gasteiger partial charge in [0.25, 0.3) is 0 Å². The molecule has 0 radical (unpaired) electrons. The normalized spacial score (nSPS) is 15.0. The summed E-state index contributed by atoms with van der Waals surface area (Å²) >= 11 is 0. The van der Waals surface area contributed by atoms with Crippen LogP contribution < -0.4 is 10.5 Å². The second-order valence-corrected chi connectivity index (χ2v) is 4.77. The molecule has 1 aliphatic rings. The fourth-order valence-electron chi connectivity index (χ4n) is 2.22. The molecule has 7 heteroatoms. The summed E-state index contributed by atoms with van der Waals surface area (Å²) in [5.74, 6) is 0.842. The largest absolute Gasteiger partial charge is 0.456 e. The molecular formula is C14H13N5O2. The standard InChI is InChI=1S/C14H13N5O2/c15-13-16-6-5-12(18-13)19-11-4-2-1-3-10(11)17-14(19)21-9-7-20-8-9/h1-6,9H,7-8H2,(H2,15,16,18). The van der Waals surface area contributed by atoms with Crippen LogP contribution in [0.3, 0.4) is 0 Å². The predicted octanol–water partition coefficient (Wildman–Crippen LogP) is 1.18. The summed E-state index contributed by atoms with van der Waals surface area (Å²) in [6.45, 7) is 1.16. The molecule has 0 amide bonds. The van der Waals surface area contributed by atoms with Gasteiger partial charge in [0.15, 0.2) is 0 Å². The molecule has 0 atom stereocenters. The van der Waals surface area contributed by atoms with Gasteiger partial charge < -0.3 is 15.2 Å². The molecule has 0 unspecified atom stereocenters. The van der Waals surface area contributed by atoms with Crippen LogP contribution in [0.4, 0.5) is 5.95 Å². The molecule has 2 N–H and O–H groups in total. The van der Waals surface area contributed by atoms with Crippen LogP contribution in [-0.4, -0.2) is 38.8 Å². The summed E-state index contributed by atoms with van der Waals surface area (Å²) in [4.78, 5) is 12.7. The quantitative estimate of drug-likeness (QED) is 0.776. The highest BCUT2D eigenvalue weighted by molar-refractivity contribution is 5.78. The van der Waals surface area contributed by atoms with E-state index in [9.17, 15) is 0 Å². The molecule has 0 saturated carbocycles. The van der Waals surface area contributed by atoms with Crippen molar-refractivity contribution in [3.05, 3.63) is 36.5 Å². The number of para-hydroxylation sites is 2. The first kappa shape index (κ1) is 12.1. The third-order valence-corrected chi connectivity index (χ3v) is 3.30. The molecule has 1 aliphatic heterocycles. The molecule has 0 aliphatic carbocycles. The molecule has 3 aromatic rings. The first-order chi connectivity index (χ1) is 10.3. The van der Waals surface area contributed by atoms with Gasteiger partial charge in [-0.1, -0.05) is 12.1 Å². The Morgan fingerprint density at radius 2 is 2.05 bits per heavy atom. The number of nitrogens with two attached hydrogens (primary N) is 1. The van der Waals surface area contributed by atoms with Crippen LogP contribution in [0, 0.1) is 0 Å². The highest BCUT2D eigenvalue weighted by Gasteiger charge is 2.24. The number of rotatable bonds is 3. The number of aromatic nitrogens is 4. The van der Waals surface area contributed by atoms with E-state index < -0.39 is 0 Å². The lowest BCUT2D eigenvalue weighted by molar-refractivity contribution is -0.0835. The van der Waals surface area contributed by atoms with Crippen LogP contribution in [0.25, 0.3) is 16.9 Å². The molecule has 106 valence electrons. The number of nitrogen functional groups attached to an aromatic ring is 1. The van der Waals surface area contributed by atoms with Gasteiger partial charge in [0.1, 0.15) is 11.9 Å². The van der Waals surface area contributed by atoms with E-state index >= 15 is 0 Å². The van der Waals surface area contributed by atoms with Crippen LogP contribution in [-0.2, 0) is 4.74 Å². The highest BCUT2D eigenvalue weighted by atomic mass is 16.6. The zero-order valence-electron chi connectivity index (χ0n) is 11.1. The lowest BCUT2D eigenvalue weighted by Crippen LogP contribution is -2.39. The van der Waals surface area contributed by atoms with Gasteiger partial charge in [0.2, 0.25) is 5.95 Å². The van der Waals surface area contributed by atoms with Crippen molar-refractivity contribution in [2.24, 2.45) is 0 Å². The average molecular weight is 283 g/mol. The number of hydrogen-bond donors (Lipinski definition) is 1. The van der Waals surface area contributed by atoms with Crippen molar-refractivity contribution in [1.29, 1.82) is 0 Å². The van der Waals surface area contributed by atoms with Crippen molar-refractivity contribution < 1.29 is 9.47 Å². The van der Waals surface area contributed by atoms with E-state index in [-0.39, 0.29) is 12.1 Å². The minimum absolute atomic E-state index is 0.0275. The molecule has 1 aromatic carbocycles. The van der Waals surface area contributed by atoms with Crippen LogP contribution >= 0.6 is 0 Å². The number of hydrogen-bond acceptors (Lipinski definition) is 6. The van der Waals surface area contributed by atoms with Gasteiger partial charge in [-0.2, -0.15) is 9.97 Å². The Bertz CT molecular complexity index is 797. The van der Waals surface area contributed by atoms with E-state index in [1.807, 2.05) is 28.8 Å². The van der Waals surface area contributed by atoms with Crippen molar-refractivity contribution >= 4 is 17.0 Å². The summed E-state index contributed by atoms with van der Waals surface area (Å²) in [7, 11) is 0. The zero-order chi connectivity index (χ0) is 14.2. The van der Waals surface area contributed by atoms with Gasteiger partial charge >= 0.3 is 6.01 Å². The maximum atomic E-state index is 5.89. The molecule has 21 heavy (non-hydrogen) atoms. The number of ether oxygens (including phenoxy) is 2. The topological polar surface area (TPSA) is 88.1 Å². The van der Waals surface area contributed by atoms with Crippen LogP contribution in [0.5, 0.6) is 6.01 Å². The van der Waals surface area contributed by atoms with Gasteiger partial charge in [-0.3, -0.25) is 0 Å². The van der Waals surface area contributed by atoms with E-state index in [1.54, 1.807) is 12.3 Å². The number of anilines is 1. The zero-order valence-corrected chi connectivity index (χ0v) is 11.1. The van der Waals surface area contributed by atoms with Crippen molar-refractivity contribution in [2.75, 3.05) is 18.9 Å². The summed E-state index contributed by atoms with van der Waals surface area (Å²) in [6.07, 6.45) is 1.64. The number of benzene rings is 1. The second-order valence-electron chi connectivity index (χ2n) is 4.77.